The monoisotopic (exact) mass is 882 g/mol. The zero-order valence-electron chi connectivity index (χ0n) is 40.1. The third kappa shape index (κ3) is 42.3. The molecule has 0 amide bonds. The molecule has 0 aromatic heterocycles. The third-order valence-electron chi connectivity index (χ3n) is 9.35. The maximum Gasteiger partial charge on any atom is 0.306 e. The van der Waals surface area contributed by atoms with E-state index in [2.05, 4.69) is 98.9 Å². The van der Waals surface area contributed by atoms with Crippen LogP contribution in [0.15, 0.2) is 158 Å². The predicted octanol–water partition coefficient (Wildman–Crippen LogP) is 12.2. The van der Waals surface area contributed by atoms with Crippen LogP contribution in [0.25, 0.3) is 0 Å². The minimum atomic E-state index is -1.15. The standard InChI is InChI=1S/C56H83NO7/c1-6-8-10-12-14-16-18-20-22-24-26-27-29-31-33-35-37-39-41-43-45-47-55(59)64-52(50-62-49-48-53(56(60)61)57(3,4)5)51-63-54(58)46-44-42-40-38-36-34-32-30-28-25-23-21-19-17-15-13-11-9-7-2/h8-11,13-17,19-23,25-28,30-34,36-37,39,52-53H,6-7,12,18,24,29,35,38,40-51H2,1-5H3/b10-8+,11-9+,15-13+,16-14+,19-17+,22-20+,23-21+,27-26+,28-25+,32-30+,33-31+,36-34+,39-37+. The van der Waals surface area contributed by atoms with Crippen LogP contribution in [-0.2, 0) is 28.6 Å². The molecule has 0 saturated carbocycles. The number of hydrogen-bond donors (Lipinski definition) is 0. The number of esters is 2. The van der Waals surface area contributed by atoms with E-state index in [4.69, 9.17) is 14.2 Å². The van der Waals surface area contributed by atoms with Gasteiger partial charge in [-0.1, -0.05) is 178 Å². The lowest BCUT2D eigenvalue weighted by atomic mass is 10.1. The molecular formula is C56H83NO7. The van der Waals surface area contributed by atoms with Gasteiger partial charge in [0.1, 0.15) is 12.6 Å². The van der Waals surface area contributed by atoms with Crippen molar-refractivity contribution in [2.75, 3.05) is 41.0 Å². The van der Waals surface area contributed by atoms with Crippen molar-refractivity contribution in [3.05, 3.63) is 158 Å². The molecule has 0 aromatic rings. The van der Waals surface area contributed by atoms with Gasteiger partial charge in [0.25, 0.3) is 0 Å². The SMILES string of the molecule is CC/C=C/C=C/C=C/C=C/C=C/C=C/C=C/CCCCCC(=O)OCC(COCCC(C(=O)[O-])[N+](C)(C)C)OC(=O)CCCC/C=C/C/C=C/C/C=C/C/C=C/C/C=C/C/C=C/CC. The van der Waals surface area contributed by atoms with Crippen molar-refractivity contribution < 1.29 is 38.2 Å². The van der Waals surface area contributed by atoms with Crippen molar-refractivity contribution in [3.8, 4) is 0 Å². The number of carboxylic acid groups (broad SMARTS) is 1. The molecule has 0 heterocycles. The van der Waals surface area contributed by atoms with Gasteiger partial charge in [0.2, 0.25) is 0 Å². The van der Waals surface area contributed by atoms with E-state index >= 15 is 0 Å². The number of nitrogens with zero attached hydrogens (tertiary/aromatic N) is 1. The largest absolute Gasteiger partial charge is 0.544 e. The van der Waals surface area contributed by atoms with Gasteiger partial charge < -0.3 is 28.6 Å². The Hall–Kier alpha value is -5.05. The van der Waals surface area contributed by atoms with Gasteiger partial charge in [-0.15, -0.1) is 0 Å². The number of ether oxygens (including phenoxy) is 3. The highest BCUT2D eigenvalue weighted by Crippen LogP contribution is 2.11. The summed E-state index contributed by atoms with van der Waals surface area (Å²) in [4.78, 5) is 37.0. The van der Waals surface area contributed by atoms with Crippen LogP contribution in [0.5, 0.6) is 0 Å². The summed E-state index contributed by atoms with van der Waals surface area (Å²) in [5, 5.41) is 11.7. The Morgan fingerprint density at radius 1 is 0.484 bits per heavy atom. The van der Waals surface area contributed by atoms with Crippen molar-refractivity contribution in [1.29, 1.82) is 0 Å². The summed E-state index contributed by atoms with van der Waals surface area (Å²) in [7, 11) is 5.36. The summed E-state index contributed by atoms with van der Waals surface area (Å²) in [6.07, 6.45) is 67.0. The fourth-order valence-corrected chi connectivity index (χ4v) is 5.76. The number of carbonyl (C=O) groups excluding carboxylic acids is 3. The zero-order valence-corrected chi connectivity index (χ0v) is 40.1. The second kappa shape index (κ2) is 44.6. The van der Waals surface area contributed by atoms with E-state index in [0.717, 1.165) is 77.0 Å². The Bertz CT molecular complexity index is 1590. The summed E-state index contributed by atoms with van der Waals surface area (Å²) in [5.41, 5.74) is 0. The number of carboxylic acids is 1. The Kier molecular flexibility index (Phi) is 41.0. The number of unbranched alkanes of at least 4 members (excludes halogenated alkanes) is 5. The average molecular weight is 882 g/mol. The van der Waals surface area contributed by atoms with E-state index in [-0.39, 0.29) is 55.5 Å². The van der Waals surface area contributed by atoms with Crippen molar-refractivity contribution in [1.82, 2.24) is 0 Å². The molecule has 0 aliphatic carbocycles. The number of aliphatic carboxylic acids is 1. The van der Waals surface area contributed by atoms with Gasteiger partial charge in [0.15, 0.2) is 6.10 Å². The Morgan fingerprint density at radius 2 is 0.906 bits per heavy atom. The maximum atomic E-state index is 12.8. The number of allylic oxidation sites excluding steroid dienone is 26. The highest BCUT2D eigenvalue weighted by atomic mass is 16.6. The molecule has 0 bridgehead atoms. The maximum absolute atomic E-state index is 12.8. The molecule has 0 aliphatic rings. The average Bonchev–Trinajstić information content (AvgIpc) is 3.26. The van der Waals surface area contributed by atoms with E-state index in [9.17, 15) is 19.5 Å². The van der Waals surface area contributed by atoms with Crippen LogP contribution in [0.3, 0.4) is 0 Å². The predicted molar refractivity (Wildman–Crippen MR) is 267 cm³/mol. The first kappa shape index (κ1) is 58.9. The van der Waals surface area contributed by atoms with E-state index in [1.807, 2.05) is 72.9 Å². The fourth-order valence-electron chi connectivity index (χ4n) is 5.76. The molecule has 2 atom stereocenters. The molecule has 0 aromatic carbocycles. The first-order chi connectivity index (χ1) is 31.1. The lowest BCUT2D eigenvalue weighted by Crippen LogP contribution is -2.55. The molecule has 8 heteroatoms. The lowest BCUT2D eigenvalue weighted by molar-refractivity contribution is -0.889. The highest BCUT2D eigenvalue weighted by molar-refractivity contribution is 5.70. The molecule has 8 nitrogen and oxygen atoms in total. The first-order valence-corrected chi connectivity index (χ1v) is 23.6. The van der Waals surface area contributed by atoms with E-state index in [1.165, 1.54) is 0 Å². The summed E-state index contributed by atoms with van der Waals surface area (Å²) in [6.45, 7) is 4.26. The van der Waals surface area contributed by atoms with Crippen LogP contribution in [-0.4, -0.2) is 75.5 Å². The molecule has 0 radical (unpaired) electrons. The van der Waals surface area contributed by atoms with Crippen LogP contribution in [0.1, 0.15) is 123 Å². The molecule has 0 N–H and O–H groups in total. The Labute approximate surface area is 388 Å². The van der Waals surface area contributed by atoms with Crippen molar-refractivity contribution in [2.45, 2.75) is 135 Å². The number of rotatable bonds is 39. The van der Waals surface area contributed by atoms with Gasteiger partial charge in [-0.05, 0) is 83.5 Å². The summed E-state index contributed by atoms with van der Waals surface area (Å²) in [5.74, 6) is -1.88. The normalized spacial score (nSPS) is 14.3. The molecule has 354 valence electrons. The minimum Gasteiger partial charge on any atom is -0.544 e. The summed E-state index contributed by atoms with van der Waals surface area (Å²) in [6, 6.07) is -0.754. The third-order valence-corrected chi connectivity index (χ3v) is 9.35. The zero-order chi connectivity index (χ0) is 47.0. The van der Waals surface area contributed by atoms with Crippen molar-refractivity contribution in [3.63, 3.8) is 0 Å². The summed E-state index contributed by atoms with van der Waals surface area (Å²) >= 11 is 0. The van der Waals surface area contributed by atoms with Crippen LogP contribution in [0.2, 0.25) is 0 Å². The van der Waals surface area contributed by atoms with Gasteiger partial charge in [-0.3, -0.25) is 9.59 Å². The second-order valence-corrected chi connectivity index (χ2v) is 16.1. The molecule has 0 aliphatic heterocycles. The van der Waals surface area contributed by atoms with Gasteiger partial charge in [0, 0.05) is 19.3 Å². The molecule has 0 fully saturated rings. The molecular weight excluding hydrogens is 799 g/mol. The van der Waals surface area contributed by atoms with Gasteiger partial charge in [-0.2, -0.15) is 0 Å². The van der Waals surface area contributed by atoms with Crippen LogP contribution in [0.4, 0.5) is 0 Å². The van der Waals surface area contributed by atoms with E-state index in [0.29, 0.717) is 12.8 Å². The van der Waals surface area contributed by atoms with Gasteiger partial charge >= 0.3 is 11.9 Å². The number of likely N-dealkylation sites (N-methyl/N-ethyl adjacent to an activating group) is 1. The highest BCUT2D eigenvalue weighted by Gasteiger charge is 2.25. The lowest BCUT2D eigenvalue weighted by Gasteiger charge is -2.34. The fraction of sp³-hybridized carbons (Fsp3) is 0.482. The molecule has 0 saturated heterocycles. The van der Waals surface area contributed by atoms with Crippen molar-refractivity contribution >= 4 is 17.9 Å². The van der Waals surface area contributed by atoms with Crippen molar-refractivity contribution in [2.24, 2.45) is 0 Å². The first-order valence-electron chi connectivity index (χ1n) is 23.6. The van der Waals surface area contributed by atoms with Gasteiger partial charge in [-0.25, -0.2) is 0 Å². The smallest absolute Gasteiger partial charge is 0.306 e. The Morgan fingerprint density at radius 3 is 1.41 bits per heavy atom. The van der Waals surface area contributed by atoms with Crippen LogP contribution < -0.4 is 5.11 Å². The second-order valence-electron chi connectivity index (χ2n) is 16.1. The van der Waals surface area contributed by atoms with Crippen LogP contribution in [0, 0.1) is 0 Å². The minimum absolute atomic E-state index is 0.00563. The molecule has 2 unspecified atom stereocenters. The molecule has 64 heavy (non-hydrogen) atoms. The number of carbonyl (C=O) groups is 3. The summed E-state index contributed by atoms with van der Waals surface area (Å²) < 4.78 is 17.1. The van der Waals surface area contributed by atoms with E-state index in [1.54, 1.807) is 21.1 Å². The molecule has 0 spiro atoms. The topological polar surface area (TPSA) is 102 Å². The van der Waals surface area contributed by atoms with E-state index < -0.39 is 18.1 Å². The number of hydrogen-bond acceptors (Lipinski definition) is 7. The van der Waals surface area contributed by atoms with Gasteiger partial charge in [0.05, 0.1) is 40.3 Å². The van der Waals surface area contributed by atoms with Crippen LogP contribution >= 0.6 is 0 Å². The number of quaternary nitrogens is 1. The molecule has 0 rings (SSSR count). The Balaban J connectivity index is 4.54. The quantitative estimate of drug-likeness (QED) is 0.0199.